The summed E-state index contributed by atoms with van der Waals surface area (Å²) >= 11 is 0. The highest BCUT2D eigenvalue weighted by molar-refractivity contribution is 6.06. The van der Waals surface area contributed by atoms with Crippen LogP contribution in [0, 0.1) is 5.92 Å². The zero-order chi connectivity index (χ0) is 15.3. The van der Waals surface area contributed by atoms with E-state index in [1.807, 2.05) is 6.92 Å². The Morgan fingerprint density at radius 3 is 2.45 bits per heavy atom. The molecule has 1 atom stereocenters. The Morgan fingerprint density at radius 2 is 1.95 bits per heavy atom. The highest BCUT2D eigenvalue weighted by Gasteiger charge is 2.43. The van der Waals surface area contributed by atoms with Gasteiger partial charge in [-0.25, -0.2) is 4.99 Å². The van der Waals surface area contributed by atoms with Gasteiger partial charge in [0.2, 0.25) is 0 Å². The molecule has 0 bridgehead atoms. The van der Waals surface area contributed by atoms with Crippen LogP contribution in [-0.4, -0.2) is 53.4 Å². The lowest BCUT2D eigenvalue weighted by atomic mass is 9.91. The maximum absolute atomic E-state index is 12.5. The van der Waals surface area contributed by atoms with Crippen molar-refractivity contribution in [2.45, 2.75) is 53.0 Å². The van der Waals surface area contributed by atoms with Crippen LogP contribution in [0.4, 0.5) is 0 Å². The Bertz CT molecular complexity index is 363. The Kier molecular flexibility index (Phi) is 5.99. The molecular weight excluding hydrogens is 252 g/mol. The van der Waals surface area contributed by atoms with E-state index in [0.717, 1.165) is 32.5 Å². The summed E-state index contributed by atoms with van der Waals surface area (Å²) in [4.78, 5) is 20.9. The van der Waals surface area contributed by atoms with Crippen molar-refractivity contribution in [2.24, 2.45) is 16.6 Å². The summed E-state index contributed by atoms with van der Waals surface area (Å²) in [5.41, 5.74) is 5.28. The number of nitrogens with zero attached hydrogens (tertiary/aromatic N) is 3. The van der Waals surface area contributed by atoms with Gasteiger partial charge in [-0.15, -0.1) is 0 Å². The molecule has 1 rings (SSSR count). The van der Waals surface area contributed by atoms with Gasteiger partial charge in [0, 0.05) is 6.54 Å². The predicted octanol–water partition coefficient (Wildman–Crippen LogP) is 1.68. The molecule has 0 saturated carbocycles. The quantitative estimate of drug-likeness (QED) is 0.737. The van der Waals surface area contributed by atoms with Crippen molar-refractivity contribution >= 4 is 11.9 Å². The van der Waals surface area contributed by atoms with Gasteiger partial charge in [0.25, 0.3) is 5.91 Å². The summed E-state index contributed by atoms with van der Waals surface area (Å²) in [5.74, 6) is 0.872. The van der Waals surface area contributed by atoms with Crippen LogP contribution in [0.3, 0.4) is 0 Å². The van der Waals surface area contributed by atoms with Gasteiger partial charge in [-0.2, -0.15) is 0 Å². The van der Waals surface area contributed by atoms with Crippen LogP contribution in [-0.2, 0) is 4.79 Å². The highest BCUT2D eigenvalue weighted by atomic mass is 16.2. The van der Waals surface area contributed by atoms with Crippen LogP contribution in [0.2, 0.25) is 0 Å². The summed E-state index contributed by atoms with van der Waals surface area (Å²) in [6.07, 6.45) is 1.68. The number of carbonyl (C=O) groups excluding carboxylic acids is 1. The lowest BCUT2D eigenvalue weighted by Gasteiger charge is -2.24. The Balaban J connectivity index is 2.57. The summed E-state index contributed by atoms with van der Waals surface area (Å²) in [6.45, 7) is 14.1. The third-order valence-electron chi connectivity index (χ3n) is 3.90. The molecule has 1 heterocycles. The first kappa shape index (κ1) is 17.0. The minimum atomic E-state index is -0.659. The maximum Gasteiger partial charge on any atom is 0.257 e. The van der Waals surface area contributed by atoms with Gasteiger partial charge in [0.1, 0.15) is 5.54 Å². The second-order valence-corrected chi connectivity index (χ2v) is 6.18. The molecule has 0 radical (unpaired) electrons. The van der Waals surface area contributed by atoms with E-state index in [9.17, 15) is 4.79 Å². The second kappa shape index (κ2) is 7.07. The molecule has 1 amide bonds. The summed E-state index contributed by atoms with van der Waals surface area (Å²) < 4.78 is 0. The molecule has 5 nitrogen and oxygen atoms in total. The van der Waals surface area contributed by atoms with Gasteiger partial charge in [0.05, 0.1) is 0 Å². The fraction of sp³-hybridized carbons (Fsp3) is 0.867. The third kappa shape index (κ3) is 3.95. The van der Waals surface area contributed by atoms with E-state index in [0.29, 0.717) is 18.4 Å². The first-order valence-electron chi connectivity index (χ1n) is 7.73. The van der Waals surface area contributed by atoms with Gasteiger partial charge < -0.3 is 10.6 Å². The summed E-state index contributed by atoms with van der Waals surface area (Å²) in [6, 6.07) is 0. The molecule has 2 N–H and O–H groups in total. The molecule has 1 aliphatic rings. The molecule has 0 aromatic carbocycles. The summed E-state index contributed by atoms with van der Waals surface area (Å²) in [7, 11) is 0. The number of amides is 1. The van der Waals surface area contributed by atoms with Crippen molar-refractivity contribution in [3.63, 3.8) is 0 Å². The first-order chi connectivity index (χ1) is 9.34. The lowest BCUT2D eigenvalue weighted by molar-refractivity contribution is -0.131. The van der Waals surface area contributed by atoms with E-state index in [1.54, 1.807) is 4.90 Å². The molecule has 0 aromatic heterocycles. The zero-order valence-corrected chi connectivity index (χ0v) is 13.6. The smallest absolute Gasteiger partial charge is 0.257 e. The topological polar surface area (TPSA) is 61.9 Å². The largest absolute Gasteiger partial charge is 0.369 e. The van der Waals surface area contributed by atoms with Crippen LogP contribution in [0.1, 0.15) is 47.5 Å². The van der Waals surface area contributed by atoms with Crippen molar-refractivity contribution in [1.82, 2.24) is 9.80 Å². The fourth-order valence-corrected chi connectivity index (χ4v) is 2.89. The van der Waals surface area contributed by atoms with Gasteiger partial charge in [-0.3, -0.25) is 9.69 Å². The van der Waals surface area contributed by atoms with E-state index >= 15 is 0 Å². The molecule has 20 heavy (non-hydrogen) atoms. The molecule has 0 fully saturated rings. The predicted molar refractivity (Wildman–Crippen MR) is 83.6 cm³/mol. The fourth-order valence-electron chi connectivity index (χ4n) is 2.89. The van der Waals surface area contributed by atoms with E-state index < -0.39 is 5.54 Å². The molecule has 0 aliphatic carbocycles. The van der Waals surface area contributed by atoms with E-state index in [-0.39, 0.29) is 5.91 Å². The number of aliphatic imine (C=N–C) groups is 1. The Labute approximate surface area is 123 Å². The van der Waals surface area contributed by atoms with Gasteiger partial charge in [-0.1, -0.05) is 27.7 Å². The normalized spacial score (nSPS) is 23.1. The molecule has 5 heteroatoms. The molecule has 0 spiro atoms. The average Bonchev–Trinajstić information content (AvgIpc) is 2.56. The number of hydrogen-bond donors (Lipinski definition) is 1. The van der Waals surface area contributed by atoms with E-state index in [4.69, 9.17) is 5.73 Å². The van der Waals surface area contributed by atoms with E-state index in [1.165, 1.54) is 0 Å². The number of carbonyl (C=O) groups is 1. The van der Waals surface area contributed by atoms with Gasteiger partial charge >= 0.3 is 0 Å². The van der Waals surface area contributed by atoms with Crippen LogP contribution in [0.25, 0.3) is 0 Å². The van der Waals surface area contributed by atoms with Crippen molar-refractivity contribution in [2.75, 3.05) is 26.2 Å². The lowest BCUT2D eigenvalue weighted by Crippen LogP contribution is -2.44. The summed E-state index contributed by atoms with van der Waals surface area (Å²) in [5, 5.41) is 0. The average molecular weight is 282 g/mol. The number of guanidine groups is 1. The maximum atomic E-state index is 12.5. The van der Waals surface area contributed by atoms with Crippen molar-refractivity contribution < 1.29 is 4.79 Å². The van der Waals surface area contributed by atoms with E-state index in [2.05, 4.69) is 37.6 Å². The first-order valence-corrected chi connectivity index (χ1v) is 7.73. The Morgan fingerprint density at radius 1 is 1.35 bits per heavy atom. The van der Waals surface area contributed by atoms with Crippen molar-refractivity contribution in [3.05, 3.63) is 0 Å². The number of hydrogen-bond acceptors (Lipinski definition) is 4. The Hall–Kier alpha value is -1.10. The van der Waals surface area contributed by atoms with Crippen LogP contribution in [0.15, 0.2) is 4.99 Å². The number of nitrogens with two attached hydrogens (primary N) is 1. The van der Waals surface area contributed by atoms with Crippen molar-refractivity contribution in [1.29, 1.82) is 0 Å². The molecule has 0 aromatic rings. The third-order valence-corrected chi connectivity index (χ3v) is 3.90. The standard InChI is InChI=1S/C15H30N4O/c1-6-18(7-2)9-8-10-19-13(20)15(5,11-12(3)4)17-14(19)16/h12H,6-11H2,1-5H3,(H2,16,17). The molecule has 116 valence electrons. The SMILES string of the molecule is CCN(CC)CCCN1C(=O)C(C)(CC(C)C)N=C1N. The molecular formula is C15H30N4O. The minimum Gasteiger partial charge on any atom is -0.369 e. The zero-order valence-electron chi connectivity index (χ0n) is 13.6. The van der Waals surface area contributed by atoms with Crippen molar-refractivity contribution in [3.8, 4) is 0 Å². The van der Waals surface area contributed by atoms with Crippen LogP contribution in [0.5, 0.6) is 0 Å². The van der Waals surface area contributed by atoms with Gasteiger partial charge in [-0.05, 0) is 45.3 Å². The van der Waals surface area contributed by atoms with Crippen LogP contribution >= 0.6 is 0 Å². The monoisotopic (exact) mass is 282 g/mol. The van der Waals surface area contributed by atoms with Crippen LogP contribution < -0.4 is 5.73 Å². The van der Waals surface area contributed by atoms with Gasteiger partial charge in [0.15, 0.2) is 5.96 Å². The highest BCUT2D eigenvalue weighted by Crippen LogP contribution is 2.28. The number of rotatable bonds is 8. The second-order valence-electron chi connectivity index (χ2n) is 6.18. The minimum absolute atomic E-state index is 0.0586. The molecule has 1 aliphatic heterocycles. The molecule has 1 unspecified atom stereocenters. The molecule has 0 saturated heterocycles.